The SMILES string of the molecule is CCN(CC)c1ccc(CNC(=O)C2CCCN2)cn1.Cl.Cl. The molecule has 0 aliphatic carbocycles. The van der Waals surface area contributed by atoms with Crippen molar-refractivity contribution in [1.82, 2.24) is 15.6 Å². The molecule has 1 aliphatic heterocycles. The van der Waals surface area contributed by atoms with E-state index >= 15 is 0 Å². The van der Waals surface area contributed by atoms with Crippen molar-refractivity contribution in [1.29, 1.82) is 0 Å². The Hall–Kier alpha value is -1.04. The molecule has 1 fully saturated rings. The van der Waals surface area contributed by atoms with E-state index in [1.165, 1.54) is 0 Å². The van der Waals surface area contributed by atoms with Crippen LogP contribution in [0.5, 0.6) is 0 Å². The first-order chi connectivity index (χ1) is 9.74. The Labute approximate surface area is 145 Å². The van der Waals surface area contributed by atoms with Crippen molar-refractivity contribution in [3.05, 3.63) is 23.9 Å². The van der Waals surface area contributed by atoms with E-state index in [0.717, 1.165) is 43.9 Å². The molecule has 1 aromatic rings. The fraction of sp³-hybridized carbons (Fsp3) is 0.600. The second-order valence-corrected chi connectivity index (χ2v) is 5.06. The molecule has 0 saturated carbocycles. The fourth-order valence-electron chi connectivity index (χ4n) is 2.48. The number of rotatable bonds is 6. The number of aromatic nitrogens is 1. The second-order valence-electron chi connectivity index (χ2n) is 5.06. The van der Waals surface area contributed by atoms with Crippen molar-refractivity contribution >= 4 is 36.5 Å². The number of pyridine rings is 1. The molecular formula is C15H26Cl2N4O. The molecule has 1 aliphatic rings. The quantitative estimate of drug-likeness (QED) is 0.826. The van der Waals surface area contributed by atoms with Crippen LogP contribution in [0.1, 0.15) is 32.3 Å². The number of halogens is 2. The lowest BCUT2D eigenvalue weighted by atomic mass is 10.2. The second kappa shape index (κ2) is 10.6. The van der Waals surface area contributed by atoms with Gasteiger partial charge in [-0.05, 0) is 44.9 Å². The summed E-state index contributed by atoms with van der Waals surface area (Å²) in [6, 6.07) is 4.03. The van der Waals surface area contributed by atoms with E-state index in [1.807, 2.05) is 18.3 Å². The summed E-state index contributed by atoms with van der Waals surface area (Å²) >= 11 is 0. The van der Waals surface area contributed by atoms with Gasteiger partial charge in [0.05, 0.1) is 6.04 Å². The van der Waals surface area contributed by atoms with Crippen molar-refractivity contribution in [3.63, 3.8) is 0 Å². The van der Waals surface area contributed by atoms with Gasteiger partial charge in [-0.1, -0.05) is 6.07 Å². The van der Waals surface area contributed by atoms with Gasteiger partial charge in [0, 0.05) is 25.8 Å². The third kappa shape index (κ3) is 5.63. The molecule has 22 heavy (non-hydrogen) atoms. The highest BCUT2D eigenvalue weighted by Crippen LogP contribution is 2.11. The molecule has 7 heteroatoms. The Morgan fingerprint density at radius 1 is 1.36 bits per heavy atom. The predicted octanol–water partition coefficient (Wildman–Crippen LogP) is 2.14. The summed E-state index contributed by atoms with van der Waals surface area (Å²) in [7, 11) is 0. The van der Waals surface area contributed by atoms with Crippen LogP contribution in [-0.2, 0) is 11.3 Å². The molecule has 0 bridgehead atoms. The molecule has 2 N–H and O–H groups in total. The van der Waals surface area contributed by atoms with E-state index < -0.39 is 0 Å². The third-order valence-electron chi connectivity index (χ3n) is 3.74. The number of hydrogen-bond acceptors (Lipinski definition) is 4. The minimum absolute atomic E-state index is 0. The molecule has 2 rings (SSSR count). The van der Waals surface area contributed by atoms with Gasteiger partial charge in [-0.25, -0.2) is 4.98 Å². The first-order valence-corrected chi connectivity index (χ1v) is 7.45. The van der Waals surface area contributed by atoms with E-state index in [2.05, 4.69) is 34.4 Å². The Morgan fingerprint density at radius 3 is 2.59 bits per heavy atom. The number of amides is 1. The van der Waals surface area contributed by atoms with Gasteiger partial charge in [-0.3, -0.25) is 4.79 Å². The Balaban J connectivity index is 0.00000220. The Kier molecular flexibility index (Phi) is 10.1. The number of hydrogen-bond donors (Lipinski definition) is 2. The monoisotopic (exact) mass is 348 g/mol. The Bertz CT molecular complexity index is 432. The van der Waals surface area contributed by atoms with Crippen molar-refractivity contribution < 1.29 is 4.79 Å². The lowest BCUT2D eigenvalue weighted by molar-refractivity contribution is -0.122. The highest BCUT2D eigenvalue weighted by Gasteiger charge is 2.21. The third-order valence-corrected chi connectivity index (χ3v) is 3.74. The van der Waals surface area contributed by atoms with Gasteiger partial charge >= 0.3 is 0 Å². The van der Waals surface area contributed by atoms with E-state index in [9.17, 15) is 4.79 Å². The van der Waals surface area contributed by atoms with Crippen molar-refractivity contribution in [2.24, 2.45) is 0 Å². The standard InChI is InChI=1S/C15H24N4O.2ClH/c1-3-19(4-2)14-8-7-12(10-17-14)11-18-15(20)13-6-5-9-16-13;;/h7-8,10,13,16H,3-6,9,11H2,1-2H3,(H,18,20);2*1H. The minimum atomic E-state index is -0.0158. The highest BCUT2D eigenvalue weighted by atomic mass is 35.5. The van der Waals surface area contributed by atoms with Crippen LogP contribution < -0.4 is 15.5 Å². The van der Waals surface area contributed by atoms with Crippen LogP contribution in [0.15, 0.2) is 18.3 Å². The summed E-state index contributed by atoms with van der Waals surface area (Å²) in [6.45, 7) is 7.63. The normalized spacial score (nSPS) is 16.4. The molecule has 0 aromatic carbocycles. The Morgan fingerprint density at radius 2 is 2.09 bits per heavy atom. The van der Waals surface area contributed by atoms with Gasteiger partial charge in [-0.2, -0.15) is 0 Å². The fourth-order valence-corrected chi connectivity index (χ4v) is 2.48. The summed E-state index contributed by atoms with van der Waals surface area (Å²) in [6.07, 6.45) is 3.86. The molecular weight excluding hydrogens is 323 g/mol. The molecule has 1 aromatic heterocycles. The molecule has 2 heterocycles. The number of carbonyl (C=O) groups is 1. The summed E-state index contributed by atoms with van der Waals surface area (Å²) in [5.41, 5.74) is 1.03. The molecule has 0 radical (unpaired) electrons. The molecule has 1 atom stereocenters. The van der Waals surface area contributed by atoms with Crippen molar-refractivity contribution in [3.8, 4) is 0 Å². The van der Waals surface area contributed by atoms with Crippen LogP contribution in [0.4, 0.5) is 5.82 Å². The maximum Gasteiger partial charge on any atom is 0.237 e. The van der Waals surface area contributed by atoms with Crippen LogP contribution in [0, 0.1) is 0 Å². The first-order valence-electron chi connectivity index (χ1n) is 7.45. The van der Waals surface area contributed by atoms with Gasteiger partial charge in [0.2, 0.25) is 5.91 Å². The topological polar surface area (TPSA) is 57.3 Å². The zero-order valence-electron chi connectivity index (χ0n) is 13.2. The van der Waals surface area contributed by atoms with Gasteiger partial charge in [0.1, 0.15) is 5.82 Å². The lowest BCUT2D eigenvalue weighted by Gasteiger charge is -2.19. The van der Waals surface area contributed by atoms with E-state index in [4.69, 9.17) is 0 Å². The van der Waals surface area contributed by atoms with Crippen LogP contribution in [-0.4, -0.2) is 36.6 Å². The number of nitrogens with zero attached hydrogens (tertiary/aromatic N) is 2. The highest BCUT2D eigenvalue weighted by molar-refractivity contribution is 5.85. The van der Waals surface area contributed by atoms with Crippen molar-refractivity contribution in [2.75, 3.05) is 24.5 Å². The largest absolute Gasteiger partial charge is 0.357 e. The molecule has 5 nitrogen and oxygen atoms in total. The van der Waals surface area contributed by atoms with Gasteiger partial charge in [-0.15, -0.1) is 24.8 Å². The molecule has 0 spiro atoms. The zero-order valence-corrected chi connectivity index (χ0v) is 14.8. The first kappa shape index (κ1) is 21.0. The summed E-state index contributed by atoms with van der Waals surface area (Å²) in [5, 5.41) is 6.16. The molecule has 126 valence electrons. The summed E-state index contributed by atoms with van der Waals surface area (Å²) in [4.78, 5) is 18.5. The maximum atomic E-state index is 11.9. The average molecular weight is 349 g/mol. The van der Waals surface area contributed by atoms with E-state index in [0.29, 0.717) is 6.54 Å². The van der Waals surface area contributed by atoms with Gasteiger partial charge in [0.25, 0.3) is 0 Å². The summed E-state index contributed by atoms with van der Waals surface area (Å²) in [5.74, 6) is 1.08. The number of nitrogens with one attached hydrogen (secondary N) is 2. The maximum absolute atomic E-state index is 11.9. The average Bonchev–Trinajstić information content (AvgIpc) is 3.01. The van der Waals surface area contributed by atoms with Gasteiger partial charge < -0.3 is 15.5 Å². The number of anilines is 1. The van der Waals surface area contributed by atoms with E-state index in [1.54, 1.807) is 0 Å². The summed E-state index contributed by atoms with van der Waals surface area (Å²) < 4.78 is 0. The van der Waals surface area contributed by atoms with Crippen LogP contribution >= 0.6 is 24.8 Å². The number of carbonyl (C=O) groups excluding carboxylic acids is 1. The van der Waals surface area contributed by atoms with Crippen molar-refractivity contribution in [2.45, 2.75) is 39.3 Å². The van der Waals surface area contributed by atoms with Crippen LogP contribution in [0.2, 0.25) is 0 Å². The van der Waals surface area contributed by atoms with Crippen LogP contribution in [0.3, 0.4) is 0 Å². The lowest BCUT2D eigenvalue weighted by Crippen LogP contribution is -2.40. The van der Waals surface area contributed by atoms with Crippen LogP contribution in [0.25, 0.3) is 0 Å². The molecule has 1 amide bonds. The zero-order chi connectivity index (χ0) is 14.4. The molecule has 1 unspecified atom stereocenters. The van der Waals surface area contributed by atoms with E-state index in [-0.39, 0.29) is 36.8 Å². The van der Waals surface area contributed by atoms with Gasteiger partial charge in [0.15, 0.2) is 0 Å². The molecule has 1 saturated heterocycles. The smallest absolute Gasteiger partial charge is 0.237 e. The minimum Gasteiger partial charge on any atom is -0.357 e. The predicted molar refractivity (Wildman–Crippen MR) is 95.2 cm³/mol.